The molecule has 0 heterocycles. The van der Waals surface area contributed by atoms with Crippen LogP contribution in [-0.4, -0.2) is 61.2 Å². The predicted octanol–water partition coefficient (Wildman–Crippen LogP) is 2.29. The van der Waals surface area contributed by atoms with Crippen molar-refractivity contribution in [1.29, 1.82) is 0 Å². The Morgan fingerprint density at radius 2 is 1.25 bits per heavy atom. The topological polar surface area (TPSA) is 146 Å². The van der Waals surface area contributed by atoms with E-state index in [9.17, 15) is 19.2 Å². The smallest absolute Gasteiger partial charge is 0.344 e. The molecule has 0 spiro atoms. The molecule has 0 radical (unpaired) electrons. The molecule has 0 saturated heterocycles. The molecule has 10 heteroatoms. The van der Waals surface area contributed by atoms with Crippen LogP contribution in [-0.2, 0) is 19.1 Å². The van der Waals surface area contributed by atoms with E-state index < -0.39 is 11.9 Å². The monoisotopic (exact) mass is 448 g/mol. The molecule has 0 saturated carbocycles. The number of hydrogen-bond acceptors (Lipinski definition) is 10. The molecule has 0 aromatic heterocycles. The quantitative estimate of drug-likeness (QED) is 0.315. The predicted molar refractivity (Wildman–Crippen MR) is 111 cm³/mol. The van der Waals surface area contributed by atoms with Gasteiger partial charge in [0, 0.05) is 11.1 Å². The highest BCUT2D eigenvalue weighted by Crippen LogP contribution is 2.28. The van der Waals surface area contributed by atoms with Crippen molar-refractivity contribution < 1.29 is 48.3 Å². The molecular weight excluding hydrogens is 424 g/mol. The van der Waals surface area contributed by atoms with Crippen LogP contribution >= 0.6 is 0 Å². The summed E-state index contributed by atoms with van der Waals surface area (Å²) in [6.45, 7) is 3.22. The van der Waals surface area contributed by atoms with Crippen LogP contribution in [0.3, 0.4) is 0 Å². The van der Waals surface area contributed by atoms with E-state index in [1.165, 1.54) is 36.4 Å². The molecule has 172 valence electrons. The lowest BCUT2D eigenvalue weighted by Gasteiger charge is -2.12. The molecular formula is C22H24O10. The van der Waals surface area contributed by atoms with Gasteiger partial charge in [-0.15, -0.1) is 0 Å². The molecule has 2 N–H and O–H groups in total. The van der Waals surface area contributed by atoms with Crippen LogP contribution in [0.5, 0.6) is 23.0 Å². The van der Waals surface area contributed by atoms with E-state index in [1.807, 2.05) is 0 Å². The first-order valence-electron chi connectivity index (χ1n) is 9.47. The summed E-state index contributed by atoms with van der Waals surface area (Å²) in [6.07, 6.45) is 1.23. The third-order valence-corrected chi connectivity index (χ3v) is 3.54. The maximum absolute atomic E-state index is 11.3. The fourth-order valence-electron chi connectivity index (χ4n) is 2.12. The second-order valence-electron chi connectivity index (χ2n) is 5.88. The van der Waals surface area contributed by atoms with E-state index in [4.69, 9.17) is 29.2 Å². The average molecular weight is 448 g/mol. The van der Waals surface area contributed by atoms with Gasteiger partial charge in [-0.3, -0.25) is 9.59 Å². The first-order chi connectivity index (χ1) is 15.3. The molecule has 0 fully saturated rings. The number of carbonyl (C=O) groups is 4. The van der Waals surface area contributed by atoms with Crippen LogP contribution in [0.15, 0.2) is 36.4 Å². The molecule has 0 atom stereocenters. The largest absolute Gasteiger partial charge is 0.504 e. The van der Waals surface area contributed by atoms with Gasteiger partial charge in [0.25, 0.3) is 0 Å². The van der Waals surface area contributed by atoms with Crippen molar-refractivity contribution in [2.24, 2.45) is 0 Å². The number of aldehydes is 2. The summed E-state index contributed by atoms with van der Waals surface area (Å²) in [5, 5.41) is 17.6. The molecule has 0 bridgehead atoms. The van der Waals surface area contributed by atoms with Crippen molar-refractivity contribution in [2.45, 2.75) is 13.8 Å². The SMILES string of the molecule is CCOC(=O)COc1ccc(C=O)cc1OCC(=O)OCC.O=Cc1ccc(O)c(O)c1. The highest BCUT2D eigenvalue weighted by Gasteiger charge is 2.12. The number of phenolic OH excluding ortho intramolecular Hbond substituents is 2. The van der Waals surface area contributed by atoms with Crippen molar-refractivity contribution >= 4 is 24.5 Å². The van der Waals surface area contributed by atoms with Gasteiger partial charge in [-0.2, -0.15) is 0 Å². The first kappa shape index (κ1) is 26.0. The Hall–Kier alpha value is -4.08. The summed E-state index contributed by atoms with van der Waals surface area (Å²) in [7, 11) is 0. The van der Waals surface area contributed by atoms with Crippen LogP contribution in [0.25, 0.3) is 0 Å². The lowest BCUT2D eigenvalue weighted by molar-refractivity contribution is -0.146. The van der Waals surface area contributed by atoms with Gasteiger partial charge in [-0.05, 0) is 50.2 Å². The van der Waals surface area contributed by atoms with Crippen molar-refractivity contribution in [3.63, 3.8) is 0 Å². The van der Waals surface area contributed by atoms with Crippen molar-refractivity contribution in [2.75, 3.05) is 26.4 Å². The summed E-state index contributed by atoms with van der Waals surface area (Å²) in [5.74, 6) is -1.17. The number of ether oxygens (including phenoxy) is 4. The summed E-state index contributed by atoms with van der Waals surface area (Å²) in [6, 6.07) is 8.27. The standard InChI is InChI=1S/C15H18O7.C7H6O3/c1-3-19-14(17)9-21-12-6-5-11(8-16)7-13(12)22-10-15(18)20-4-2;8-4-5-1-2-6(9)7(10)3-5/h5-8H,3-4,9-10H2,1-2H3;1-4,9-10H. The molecule has 10 nitrogen and oxygen atoms in total. The minimum absolute atomic E-state index is 0.168. The highest BCUT2D eigenvalue weighted by atomic mass is 16.6. The summed E-state index contributed by atoms with van der Waals surface area (Å²) < 4.78 is 20.0. The van der Waals surface area contributed by atoms with E-state index in [0.29, 0.717) is 23.7 Å². The molecule has 2 rings (SSSR count). The third kappa shape index (κ3) is 9.16. The Bertz CT molecular complexity index is 923. The lowest BCUT2D eigenvalue weighted by Crippen LogP contribution is -2.17. The van der Waals surface area contributed by atoms with E-state index in [0.717, 1.165) is 0 Å². The Morgan fingerprint density at radius 3 is 1.75 bits per heavy atom. The Balaban J connectivity index is 0.000000425. The molecule has 0 aliphatic rings. The van der Waals surface area contributed by atoms with Crippen LogP contribution in [0, 0.1) is 0 Å². The van der Waals surface area contributed by atoms with Gasteiger partial charge in [-0.1, -0.05) is 0 Å². The number of benzene rings is 2. The minimum atomic E-state index is -0.546. The van der Waals surface area contributed by atoms with Gasteiger partial charge in [0.15, 0.2) is 36.2 Å². The average Bonchev–Trinajstić information content (AvgIpc) is 2.79. The second kappa shape index (κ2) is 14.0. The number of phenols is 2. The molecule has 0 aliphatic heterocycles. The molecule has 0 aliphatic carbocycles. The van der Waals surface area contributed by atoms with Crippen LogP contribution in [0.2, 0.25) is 0 Å². The van der Waals surface area contributed by atoms with Crippen molar-refractivity contribution in [3.05, 3.63) is 47.5 Å². The molecule has 0 unspecified atom stereocenters. The molecule has 32 heavy (non-hydrogen) atoms. The van der Waals surface area contributed by atoms with Gasteiger partial charge >= 0.3 is 11.9 Å². The van der Waals surface area contributed by atoms with Gasteiger partial charge in [-0.25, -0.2) is 9.59 Å². The number of rotatable bonds is 10. The zero-order valence-corrected chi connectivity index (χ0v) is 17.6. The summed E-state index contributed by atoms with van der Waals surface area (Å²) >= 11 is 0. The molecule has 2 aromatic carbocycles. The van der Waals surface area contributed by atoms with E-state index in [2.05, 4.69) is 0 Å². The van der Waals surface area contributed by atoms with E-state index >= 15 is 0 Å². The maximum atomic E-state index is 11.3. The molecule has 0 amide bonds. The van der Waals surface area contributed by atoms with Crippen LogP contribution in [0.1, 0.15) is 34.6 Å². The number of esters is 2. The van der Waals surface area contributed by atoms with Gasteiger partial charge < -0.3 is 29.2 Å². The van der Waals surface area contributed by atoms with Crippen molar-refractivity contribution in [1.82, 2.24) is 0 Å². The lowest BCUT2D eigenvalue weighted by atomic mass is 10.2. The number of aromatic hydroxyl groups is 2. The van der Waals surface area contributed by atoms with Crippen LogP contribution < -0.4 is 9.47 Å². The fourth-order valence-corrected chi connectivity index (χ4v) is 2.12. The number of hydrogen-bond donors (Lipinski definition) is 2. The van der Waals surface area contributed by atoms with E-state index in [1.54, 1.807) is 13.8 Å². The van der Waals surface area contributed by atoms with Crippen molar-refractivity contribution in [3.8, 4) is 23.0 Å². The molecule has 2 aromatic rings. The Kier molecular flexibility index (Phi) is 11.4. The Labute approximate surface area is 184 Å². The second-order valence-corrected chi connectivity index (χ2v) is 5.88. The minimum Gasteiger partial charge on any atom is -0.504 e. The first-order valence-corrected chi connectivity index (χ1v) is 9.47. The van der Waals surface area contributed by atoms with E-state index in [-0.39, 0.29) is 49.4 Å². The summed E-state index contributed by atoms with van der Waals surface area (Å²) in [4.78, 5) is 43.5. The summed E-state index contributed by atoms with van der Waals surface area (Å²) in [5.41, 5.74) is 0.692. The zero-order chi connectivity index (χ0) is 23.9. The number of carbonyl (C=O) groups excluding carboxylic acids is 4. The van der Waals surface area contributed by atoms with Crippen LogP contribution in [0.4, 0.5) is 0 Å². The van der Waals surface area contributed by atoms with Gasteiger partial charge in [0.2, 0.25) is 0 Å². The van der Waals surface area contributed by atoms with Gasteiger partial charge in [0.05, 0.1) is 13.2 Å². The third-order valence-electron chi connectivity index (χ3n) is 3.54. The Morgan fingerprint density at radius 1 is 0.750 bits per heavy atom. The van der Waals surface area contributed by atoms with Gasteiger partial charge in [0.1, 0.15) is 12.6 Å². The normalized spacial score (nSPS) is 9.56. The maximum Gasteiger partial charge on any atom is 0.344 e. The zero-order valence-electron chi connectivity index (χ0n) is 17.6. The highest BCUT2D eigenvalue weighted by molar-refractivity contribution is 5.77. The fraction of sp³-hybridized carbons (Fsp3) is 0.273.